The summed E-state index contributed by atoms with van der Waals surface area (Å²) >= 11 is 9.86. The predicted octanol–water partition coefficient (Wildman–Crippen LogP) is 5.24. The quantitative estimate of drug-likeness (QED) is 0.548. The molecule has 1 aromatic carbocycles. The molecule has 5 nitrogen and oxygen atoms in total. The molecule has 0 bridgehead atoms. The van der Waals surface area contributed by atoms with Gasteiger partial charge in [0.05, 0.1) is 30.9 Å². The van der Waals surface area contributed by atoms with Crippen molar-refractivity contribution in [2.24, 2.45) is 11.8 Å². The highest BCUT2D eigenvalue weighted by Crippen LogP contribution is 2.34. The van der Waals surface area contributed by atoms with Gasteiger partial charge in [-0.15, -0.1) is 0 Å². The van der Waals surface area contributed by atoms with Gasteiger partial charge >= 0.3 is 5.97 Å². The van der Waals surface area contributed by atoms with Crippen molar-refractivity contribution in [3.63, 3.8) is 0 Å². The Bertz CT molecular complexity index is 854. The molecule has 0 amide bonds. The van der Waals surface area contributed by atoms with Crippen LogP contribution >= 0.6 is 27.5 Å². The largest absolute Gasteiger partial charge is 0.481 e. The number of hydrogen-bond acceptors (Lipinski definition) is 5. The van der Waals surface area contributed by atoms with Gasteiger partial charge in [-0.2, -0.15) is 0 Å². The Kier molecular flexibility index (Phi) is 7.92. The van der Waals surface area contributed by atoms with Crippen LogP contribution in [0.2, 0.25) is 5.02 Å². The van der Waals surface area contributed by atoms with Gasteiger partial charge in [0.2, 0.25) is 5.88 Å². The van der Waals surface area contributed by atoms with E-state index in [0.29, 0.717) is 23.4 Å². The Labute approximate surface area is 185 Å². The smallest absolute Gasteiger partial charge is 0.308 e. The minimum Gasteiger partial charge on any atom is -0.481 e. The molecule has 1 N–H and O–H groups in total. The molecule has 1 aromatic heterocycles. The van der Waals surface area contributed by atoms with Crippen LogP contribution in [-0.4, -0.2) is 31.7 Å². The van der Waals surface area contributed by atoms with Crippen LogP contribution in [0.15, 0.2) is 34.8 Å². The lowest BCUT2D eigenvalue weighted by Gasteiger charge is -2.27. The fraction of sp³-hybridized carbons (Fsp3) is 0.455. The minimum absolute atomic E-state index is 0.0675. The van der Waals surface area contributed by atoms with E-state index < -0.39 is 0 Å². The maximum atomic E-state index is 11.6. The molecule has 0 atom stereocenters. The molecule has 1 aliphatic rings. The van der Waals surface area contributed by atoms with Crippen LogP contribution in [-0.2, 0) is 16.1 Å². The Balaban J connectivity index is 1.58. The second-order valence-electron chi connectivity index (χ2n) is 7.34. The minimum atomic E-state index is -0.0714. The van der Waals surface area contributed by atoms with Gasteiger partial charge in [0, 0.05) is 22.1 Å². The Morgan fingerprint density at radius 2 is 1.97 bits per heavy atom. The number of nitrogens with zero attached hydrogens (tertiary/aromatic N) is 1. The zero-order valence-electron chi connectivity index (χ0n) is 16.7. The zero-order valence-corrected chi connectivity index (χ0v) is 19.1. The number of methoxy groups -OCH3 is 2. The molecule has 0 saturated heterocycles. The first-order chi connectivity index (χ1) is 14.0. The lowest BCUT2D eigenvalue weighted by Crippen LogP contribution is -2.29. The summed E-state index contributed by atoms with van der Waals surface area (Å²) in [6.45, 7) is 1.59. The second-order valence-corrected chi connectivity index (χ2v) is 8.57. The Morgan fingerprint density at radius 3 is 2.66 bits per heavy atom. The molecule has 1 fully saturated rings. The van der Waals surface area contributed by atoms with Gasteiger partial charge in [-0.3, -0.25) is 4.79 Å². The summed E-state index contributed by atoms with van der Waals surface area (Å²) < 4.78 is 11.2. The van der Waals surface area contributed by atoms with Crippen LogP contribution < -0.4 is 10.1 Å². The van der Waals surface area contributed by atoms with Gasteiger partial charge in [0.1, 0.15) is 0 Å². The number of halogens is 2. The number of benzene rings is 1. The van der Waals surface area contributed by atoms with E-state index in [-0.39, 0.29) is 11.9 Å². The maximum absolute atomic E-state index is 11.6. The molecule has 0 aliphatic heterocycles. The Morgan fingerprint density at radius 1 is 1.21 bits per heavy atom. The third-order valence-corrected chi connectivity index (χ3v) is 6.79. The van der Waals surface area contributed by atoms with E-state index in [0.717, 1.165) is 53.5 Å². The van der Waals surface area contributed by atoms with E-state index in [1.807, 2.05) is 30.3 Å². The van der Waals surface area contributed by atoms with Crippen molar-refractivity contribution in [3.05, 3.63) is 45.4 Å². The van der Waals surface area contributed by atoms with E-state index in [4.69, 9.17) is 21.1 Å². The molecule has 1 heterocycles. The van der Waals surface area contributed by atoms with Crippen molar-refractivity contribution >= 4 is 33.5 Å². The summed E-state index contributed by atoms with van der Waals surface area (Å²) in [7, 11) is 3.10. The average Bonchev–Trinajstić information content (AvgIpc) is 2.76. The van der Waals surface area contributed by atoms with Crippen LogP contribution in [0.25, 0.3) is 11.3 Å². The van der Waals surface area contributed by atoms with Crippen molar-refractivity contribution in [3.8, 4) is 17.1 Å². The number of esters is 1. The van der Waals surface area contributed by atoms with Crippen LogP contribution in [0.4, 0.5) is 0 Å². The number of nitrogens with one attached hydrogen (secondary N) is 1. The van der Waals surface area contributed by atoms with Gasteiger partial charge in [-0.1, -0.05) is 29.8 Å². The molecule has 29 heavy (non-hydrogen) atoms. The number of pyridine rings is 1. The molecule has 0 unspecified atom stereocenters. The van der Waals surface area contributed by atoms with Crippen molar-refractivity contribution in [2.75, 3.05) is 20.8 Å². The molecule has 1 saturated carbocycles. The SMILES string of the molecule is COC(=O)C1CCC(CNCc2ccc(-c3cccc(Br)c3Cl)nc2OC)CC1. The molecule has 0 radical (unpaired) electrons. The summed E-state index contributed by atoms with van der Waals surface area (Å²) in [5, 5.41) is 4.15. The summed E-state index contributed by atoms with van der Waals surface area (Å²) in [5.41, 5.74) is 2.64. The molecule has 3 rings (SSSR count). The third kappa shape index (κ3) is 5.50. The van der Waals surface area contributed by atoms with Gasteiger partial charge in [0.15, 0.2) is 0 Å². The normalized spacial score (nSPS) is 19.0. The summed E-state index contributed by atoms with van der Waals surface area (Å²) in [4.78, 5) is 16.3. The van der Waals surface area contributed by atoms with E-state index in [2.05, 4.69) is 26.2 Å². The van der Waals surface area contributed by atoms with E-state index in [1.54, 1.807) is 7.11 Å². The van der Waals surface area contributed by atoms with Crippen LogP contribution in [0.3, 0.4) is 0 Å². The van der Waals surface area contributed by atoms with Crippen LogP contribution in [0.5, 0.6) is 5.88 Å². The first-order valence-corrected chi connectivity index (χ1v) is 11.0. The Hall–Kier alpha value is -1.63. The average molecular weight is 482 g/mol. The lowest BCUT2D eigenvalue weighted by atomic mass is 9.82. The number of hydrogen-bond donors (Lipinski definition) is 1. The van der Waals surface area contributed by atoms with Gasteiger partial charge < -0.3 is 14.8 Å². The van der Waals surface area contributed by atoms with Crippen LogP contribution in [0.1, 0.15) is 31.2 Å². The van der Waals surface area contributed by atoms with Gasteiger partial charge in [0.25, 0.3) is 0 Å². The highest BCUT2D eigenvalue weighted by atomic mass is 79.9. The summed E-state index contributed by atoms with van der Waals surface area (Å²) in [6.07, 6.45) is 3.91. The predicted molar refractivity (Wildman–Crippen MR) is 118 cm³/mol. The first kappa shape index (κ1) is 22.1. The molecule has 7 heteroatoms. The highest BCUT2D eigenvalue weighted by Gasteiger charge is 2.26. The first-order valence-electron chi connectivity index (χ1n) is 9.80. The van der Waals surface area contributed by atoms with Crippen molar-refractivity contribution in [1.82, 2.24) is 10.3 Å². The molecular formula is C22H26BrClN2O3. The molecule has 2 aromatic rings. The summed E-state index contributed by atoms with van der Waals surface area (Å²) in [6, 6.07) is 9.77. The monoisotopic (exact) mass is 480 g/mol. The van der Waals surface area contributed by atoms with Gasteiger partial charge in [-0.05, 0) is 66.2 Å². The molecule has 156 valence electrons. The van der Waals surface area contributed by atoms with Crippen LogP contribution in [0, 0.1) is 11.8 Å². The number of carbonyl (C=O) groups excluding carboxylic acids is 1. The zero-order chi connectivity index (χ0) is 20.8. The van der Waals surface area contributed by atoms with Crippen molar-refractivity contribution in [1.29, 1.82) is 0 Å². The molecule has 0 spiro atoms. The van der Waals surface area contributed by atoms with Gasteiger partial charge in [-0.25, -0.2) is 4.98 Å². The summed E-state index contributed by atoms with van der Waals surface area (Å²) in [5.74, 6) is 1.17. The van der Waals surface area contributed by atoms with Crippen molar-refractivity contribution in [2.45, 2.75) is 32.2 Å². The fourth-order valence-corrected chi connectivity index (χ4v) is 4.40. The molecule has 1 aliphatic carbocycles. The lowest BCUT2D eigenvalue weighted by molar-refractivity contribution is -0.146. The van der Waals surface area contributed by atoms with E-state index in [1.165, 1.54) is 7.11 Å². The topological polar surface area (TPSA) is 60.5 Å². The number of ether oxygens (including phenoxy) is 2. The second kappa shape index (κ2) is 10.4. The standard InChI is InChI=1S/C22H26BrClN2O3/c1-28-21-16(10-11-19(26-21)17-4-3-5-18(23)20(17)24)13-25-12-14-6-8-15(9-7-14)22(27)29-2/h3-5,10-11,14-15,25H,6-9,12-13H2,1-2H3. The number of aromatic nitrogens is 1. The molecular weight excluding hydrogens is 456 g/mol. The van der Waals surface area contributed by atoms with Crippen molar-refractivity contribution < 1.29 is 14.3 Å². The number of carbonyl (C=O) groups is 1. The fourth-order valence-electron chi connectivity index (χ4n) is 3.81. The van der Waals surface area contributed by atoms with E-state index >= 15 is 0 Å². The maximum Gasteiger partial charge on any atom is 0.308 e. The highest BCUT2D eigenvalue weighted by molar-refractivity contribution is 9.10. The van der Waals surface area contributed by atoms with E-state index in [9.17, 15) is 4.79 Å². The number of rotatable bonds is 7. The third-order valence-electron chi connectivity index (χ3n) is 5.49.